The molecule has 0 aliphatic heterocycles. The Balaban J connectivity index is 1.84. The Kier molecular flexibility index (Phi) is 6.47. The standard InChI is InChI=1S/C13H11Cl2N5O3S/c14-11(15)12(23)17-13-20-19-10(24-13)5-9(22)18-16-6-7-2-1-3-8(21)4-7/h1-4,6,11,21H,5H2,(H,18,22)(H,17,20,23)/b16-6-. The smallest absolute Gasteiger partial charge is 0.259 e. The average molecular weight is 388 g/mol. The Hall–Kier alpha value is -2.23. The Morgan fingerprint density at radius 2 is 2.17 bits per heavy atom. The van der Waals surface area contributed by atoms with Crippen molar-refractivity contribution in [2.45, 2.75) is 11.3 Å². The van der Waals surface area contributed by atoms with E-state index in [0.717, 1.165) is 11.3 Å². The van der Waals surface area contributed by atoms with Crippen LogP contribution in [-0.2, 0) is 16.0 Å². The number of rotatable bonds is 6. The molecule has 2 aromatic rings. The quantitative estimate of drug-likeness (QED) is 0.396. The molecule has 1 aromatic carbocycles. The lowest BCUT2D eigenvalue weighted by molar-refractivity contribution is -0.120. The van der Waals surface area contributed by atoms with Gasteiger partial charge in [0.05, 0.1) is 12.6 Å². The number of aromatic nitrogens is 2. The number of hydrogen-bond acceptors (Lipinski definition) is 7. The van der Waals surface area contributed by atoms with E-state index in [1.807, 2.05) is 0 Å². The van der Waals surface area contributed by atoms with Gasteiger partial charge in [0.15, 0.2) is 4.84 Å². The lowest BCUT2D eigenvalue weighted by Crippen LogP contribution is -2.19. The number of nitrogens with zero attached hydrogens (tertiary/aromatic N) is 3. The fourth-order valence-electron chi connectivity index (χ4n) is 1.50. The molecule has 0 saturated carbocycles. The molecule has 0 atom stereocenters. The fourth-order valence-corrected chi connectivity index (χ4v) is 2.35. The Morgan fingerprint density at radius 3 is 2.88 bits per heavy atom. The van der Waals surface area contributed by atoms with Gasteiger partial charge in [-0.25, -0.2) is 5.43 Å². The highest BCUT2D eigenvalue weighted by atomic mass is 35.5. The fraction of sp³-hybridized carbons (Fsp3) is 0.154. The zero-order valence-electron chi connectivity index (χ0n) is 11.9. The molecule has 8 nitrogen and oxygen atoms in total. The molecule has 0 unspecified atom stereocenters. The largest absolute Gasteiger partial charge is 0.508 e. The molecule has 0 bridgehead atoms. The van der Waals surface area contributed by atoms with E-state index in [1.165, 1.54) is 18.3 Å². The van der Waals surface area contributed by atoms with Crippen molar-refractivity contribution in [3.8, 4) is 5.75 Å². The van der Waals surface area contributed by atoms with Crippen LogP contribution in [0.2, 0.25) is 0 Å². The van der Waals surface area contributed by atoms with Gasteiger partial charge in [-0.15, -0.1) is 10.2 Å². The third-order valence-corrected chi connectivity index (χ3v) is 3.72. The van der Waals surface area contributed by atoms with Gasteiger partial charge in [0.1, 0.15) is 10.8 Å². The van der Waals surface area contributed by atoms with Crippen LogP contribution < -0.4 is 10.7 Å². The van der Waals surface area contributed by atoms with E-state index in [2.05, 4.69) is 26.0 Å². The molecule has 0 aliphatic carbocycles. The molecule has 0 spiro atoms. The van der Waals surface area contributed by atoms with Crippen molar-refractivity contribution in [2.75, 3.05) is 5.32 Å². The molecular formula is C13H11Cl2N5O3S. The minimum Gasteiger partial charge on any atom is -0.508 e. The monoisotopic (exact) mass is 387 g/mol. The number of nitrogens with one attached hydrogen (secondary N) is 2. The topological polar surface area (TPSA) is 117 Å². The normalized spacial score (nSPS) is 11.0. The van der Waals surface area contributed by atoms with E-state index in [-0.39, 0.29) is 17.3 Å². The molecule has 1 aromatic heterocycles. The molecule has 0 saturated heterocycles. The van der Waals surface area contributed by atoms with Gasteiger partial charge < -0.3 is 5.11 Å². The third-order valence-electron chi connectivity index (χ3n) is 2.48. The summed E-state index contributed by atoms with van der Waals surface area (Å²) in [6.45, 7) is 0. The number of phenols is 1. The van der Waals surface area contributed by atoms with Crippen LogP contribution in [0.25, 0.3) is 0 Å². The van der Waals surface area contributed by atoms with E-state index >= 15 is 0 Å². The van der Waals surface area contributed by atoms with Crippen LogP contribution in [-0.4, -0.2) is 38.2 Å². The van der Waals surface area contributed by atoms with Gasteiger partial charge in [-0.05, 0) is 17.7 Å². The molecule has 1 heterocycles. The summed E-state index contributed by atoms with van der Waals surface area (Å²) in [5.41, 5.74) is 2.96. The number of amides is 2. The number of halogens is 2. The molecule has 3 N–H and O–H groups in total. The zero-order chi connectivity index (χ0) is 17.5. The van der Waals surface area contributed by atoms with Crippen LogP contribution in [0.3, 0.4) is 0 Å². The van der Waals surface area contributed by atoms with Crippen LogP contribution in [0, 0.1) is 0 Å². The second kappa shape index (κ2) is 8.57. The number of phenolic OH excluding ortho intramolecular Hbond substituents is 1. The summed E-state index contributed by atoms with van der Waals surface area (Å²) in [6, 6.07) is 6.40. The Bertz CT molecular complexity index is 766. The number of anilines is 1. The Labute approximate surface area is 150 Å². The summed E-state index contributed by atoms with van der Waals surface area (Å²) >= 11 is 11.8. The Morgan fingerprint density at radius 1 is 1.38 bits per heavy atom. The maximum atomic E-state index is 11.7. The molecule has 126 valence electrons. The second-order valence-corrected chi connectivity index (χ2v) is 6.51. The minimum atomic E-state index is -1.22. The van der Waals surface area contributed by atoms with Gasteiger partial charge in [-0.2, -0.15) is 5.10 Å². The number of carbonyl (C=O) groups excluding carboxylic acids is 2. The number of carbonyl (C=O) groups is 2. The first-order valence-electron chi connectivity index (χ1n) is 6.46. The summed E-state index contributed by atoms with van der Waals surface area (Å²) in [5.74, 6) is -0.931. The van der Waals surface area contributed by atoms with E-state index in [1.54, 1.807) is 12.1 Å². The lowest BCUT2D eigenvalue weighted by atomic mass is 10.2. The van der Waals surface area contributed by atoms with Crippen molar-refractivity contribution in [2.24, 2.45) is 5.10 Å². The van der Waals surface area contributed by atoms with E-state index < -0.39 is 16.7 Å². The van der Waals surface area contributed by atoms with Gasteiger partial charge in [0.25, 0.3) is 5.91 Å². The summed E-state index contributed by atoms with van der Waals surface area (Å²) in [7, 11) is 0. The maximum Gasteiger partial charge on any atom is 0.259 e. The first-order valence-corrected chi connectivity index (χ1v) is 8.15. The summed E-state index contributed by atoms with van der Waals surface area (Å²) < 4.78 is 0. The third kappa shape index (κ3) is 5.76. The predicted octanol–water partition coefficient (Wildman–Crippen LogP) is 1.68. The highest BCUT2D eigenvalue weighted by molar-refractivity contribution is 7.15. The molecule has 0 radical (unpaired) electrons. The number of aromatic hydroxyl groups is 1. The van der Waals surface area contributed by atoms with Crippen LogP contribution in [0.5, 0.6) is 5.75 Å². The summed E-state index contributed by atoms with van der Waals surface area (Å²) in [4.78, 5) is 21.8. The highest BCUT2D eigenvalue weighted by Gasteiger charge is 2.15. The molecule has 2 amide bonds. The van der Waals surface area contributed by atoms with Crippen molar-refractivity contribution < 1.29 is 14.7 Å². The zero-order valence-corrected chi connectivity index (χ0v) is 14.3. The molecule has 0 fully saturated rings. The lowest BCUT2D eigenvalue weighted by Gasteiger charge is -1.99. The first kappa shape index (κ1) is 18.1. The van der Waals surface area contributed by atoms with Gasteiger partial charge in [0, 0.05) is 0 Å². The van der Waals surface area contributed by atoms with Crippen LogP contribution in [0.15, 0.2) is 29.4 Å². The van der Waals surface area contributed by atoms with Crippen molar-refractivity contribution in [1.29, 1.82) is 0 Å². The van der Waals surface area contributed by atoms with Crippen molar-refractivity contribution in [3.05, 3.63) is 34.8 Å². The molecule has 24 heavy (non-hydrogen) atoms. The van der Waals surface area contributed by atoms with Crippen molar-refractivity contribution in [1.82, 2.24) is 15.6 Å². The number of hydrazone groups is 1. The maximum absolute atomic E-state index is 11.7. The first-order chi connectivity index (χ1) is 11.4. The molecule has 11 heteroatoms. The highest BCUT2D eigenvalue weighted by Crippen LogP contribution is 2.17. The van der Waals surface area contributed by atoms with E-state index in [0.29, 0.717) is 10.6 Å². The number of benzene rings is 1. The number of alkyl halides is 2. The predicted molar refractivity (Wildman–Crippen MR) is 91.6 cm³/mol. The summed E-state index contributed by atoms with van der Waals surface area (Å²) in [5, 5.41) is 23.5. The van der Waals surface area contributed by atoms with E-state index in [4.69, 9.17) is 23.2 Å². The molecular weight excluding hydrogens is 377 g/mol. The SMILES string of the molecule is O=C(Cc1nnc(NC(=O)C(Cl)Cl)s1)N/N=C\c1cccc(O)c1. The molecule has 2 rings (SSSR count). The average Bonchev–Trinajstić information content (AvgIpc) is 2.94. The molecule has 0 aliphatic rings. The number of hydrogen-bond donors (Lipinski definition) is 3. The summed E-state index contributed by atoms with van der Waals surface area (Å²) in [6.07, 6.45) is 1.33. The van der Waals surface area contributed by atoms with Gasteiger partial charge in [-0.3, -0.25) is 14.9 Å². The van der Waals surface area contributed by atoms with Gasteiger partial charge >= 0.3 is 0 Å². The van der Waals surface area contributed by atoms with Gasteiger partial charge in [-0.1, -0.05) is 46.7 Å². The van der Waals surface area contributed by atoms with Crippen LogP contribution >= 0.6 is 34.5 Å². The van der Waals surface area contributed by atoms with Crippen molar-refractivity contribution in [3.63, 3.8) is 0 Å². The second-order valence-electron chi connectivity index (χ2n) is 4.36. The van der Waals surface area contributed by atoms with E-state index in [9.17, 15) is 14.7 Å². The minimum absolute atomic E-state index is 0.0594. The van der Waals surface area contributed by atoms with Gasteiger partial charge in [0.2, 0.25) is 11.0 Å². The van der Waals surface area contributed by atoms with Crippen LogP contribution in [0.4, 0.5) is 5.13 Å². The van der Waals surface area contributed by atoms with Crippen LogP contribution in [0.1, 0.15) is 10.6 Å². The van der Waals surface area contributed by atoms with Crippen molar-refractivity contribution >= 4 is 57.7 Å².